The number of H-pyrrole nitrogens is 1. The van der Waals surface area contributed by atoms with Gasteiger partial charge in [-0.15, -0.1) is 0 Å². The monoisotopic (exact) mass is 325 g/mol. The molecule has 2 heterocycles. The van der Waals surface area contributed by atoms with Crippen molar-refractivity contribution in [2.45, 2.75) is 27.3 Å². The van der Waals surface area contributed by atoms with E-state index >= 15 is 0 Å². The summed E-state index contributed by atoms with van der Waals surface area (Å²) in [5, 5.41) is 5.17. The van der Waals surface area contributed by atoms with Crippen LogP contribution in [0, 0.1) is 6.92 Å². The Morgan fingerprint density at radius 1 is 1.25 bits per heavy atom. The van der Waals surface area contributed by atoms with Gasteiger partial charge in [0.25, 0.3) is 5.56 Å². The van der Waals surface area contributed by atoms with E-state index in [2.05, 4.69) is 10.1 Å². The molecule has 2 aromatic heterocycles. The quantitative estimate of drug-likeness (QED) is 0.748. The van der Waals surface area contributed by atoms with Crippen molar-refractivity contribution in [1.29, 1.82) is 0 Å². The first-order valence-electron chi connectivity index (χ1n) is 7.94. The highest BCUT2D eigenvalue weighted by Gasteiger charge is 2.22. The molecule has 0 unspecified atom stereocenters. The summed E-state index contributed by atoms with van der Waals surface area (Å²) in [4.78, 5) is 27.7. The summed E-state index contributed by atoms with van der Waals surface area (Å²) >= 11 is 0. The fraction of sp³-hybridized carbons (Fsp3) is 0.278. The molecule has 0 bridgehead atoms. The van der Waals surface area contributed by atoms with E-state index in [-0.39, 0.29) is 12.2 Å². The average Bonchev–Trinajstić information content (AvgIpc) is 2.95. The van der Waals surface area contributed by atoms with Gasteiger partial charge in [0.05, 0.1) is 6.61 Å². The predicted molar refractivity (Wildman–Crippen MR) is 92.2 cm³/mol. The number of benzene rings is 1. The van der Waals surface area contributed by atoms with Crippen molar-refractivity contribution in [2.75, 3.05) is 6.61 Å². The van der Waals surface area contributed by atoms with E-state index in [1.54, 1.807) is 13.8 Å². The number of hydrogen-bond donors (Lipinski definition) is 1. The van der Waals surface area contributed by atoms with Gasteiger partial charge in [-0.25, -0.2) is 9.48 Å². The molecule has 0 aliphatic heterocycles. The van der Waals surface area contributed by atoms with Gasteiger partial charge in [-0.1, -0.05) is 30.3 Å². The van der Waals surface area contributed by atoms with Crippen molar-refractivity contribution < 1.29 is 9.53 Å². The van der Waals surface area contributed by atoms with Crippen molar-refractivity contribution >= 4 is 16.9 Å². The number of rotatable bonds is 4. The van der Waals surface area contributed by atoms with Gasteiger partial charge in [0.15, 0.2) is 0 Å². The van der Waals surface area contributed by atoms with Crippen LogP contribution in [0.2, 0.25) is 0 Å². The Bertz CT molecular complexity index is 955. The molecule has 0 aliphatic rings. The Kier molecular flexibility index (Phi) is 4.20. The van der Waals surface area contributed by atoms with Gasteiger partial charge in [-0.2, -0.15) is 5.10 Å². The molecule has 124 valence electrons. The van der Waals surface area contributed by atoms with Crippen LogP contribution < -0.4 is 5.56 Å². The number of nitrogens with one attached hydrogen (secondary N) is 1. The molecule has 3 aromatic rings. The number of aryl methyl sites for hydroxylation is 2. The third-order valence-electron chi connectivity index (χ3n) is 3.98. The first-order chi connectivity index (χ1) is 11.6. The molecule has 3 rings (SSSR count). The van der Waals surface area contributed by atoms with Crippen LogP contribution in [0.5, 0.6) is 0 Å². The summed E-state index contributed by atoms with van der Waals surface area (Å²) in [6.07, 6.45) is 0. The first-order valence-corrected chi connectivity index (χ1v) is 7.94. The third kappa shape index (κ3) is 2.50. The summed E-state index contributed by atoms with van der Waals surface area (Å²) in [7, 11) is 0. The van der Waals surface area contributed by atoms with E-state index in [1.165, 1.54) is 4.68 Å². The number of nitrogens with zero attached hydrogens (tertiary/aromatic N) is 2. The van der Waals surface area contributed by atoms with Crippen LogP contribution in [0.1, 0.15) is 29.9 Å². The summed E-state index contributed by atoms with van der Waals surface area (Å²) in [6, 6.07) is 9.62. The zero-order valence-electron chi connectivity index (χ0n) is 13.9. The van der Waals surface area contributed by atoms with Gasteiger partial charge in [0.2, 0.25) is 0 Å². The van der Waals surface area contributed by atoms with Crippen LogP contribution >= 0.6 is 0 Å². The Labute approximate surface area is 139 Å². The molecule has 0 aliphatic carbocycles. The van der Waals surface area contributed by atoms with E-state index in [0.717, 1.165) is 5.56 Å². The Morgan fingerprint density at radius 3 is 2.58 bits per heavy atom. The maximum Gasteiger partial charge on any atom is 0.355 e. The van der Waals surface area contributed by atoms with E-state index < -0.39 is 5.97 Å². The first kappa shape index (κ1) is 16.0. The minimum absolute atomic E-state index is 0.245. The summed E-state index contributed by atoms with van der Waals surface area (Å²) in [5.74, 6) is -0.465. The Balaban J connectivity index is 2.37. The van der Waals surface area contributed by atoms with Crippen molar-refractivity contribution in [3.63, 3.8) is 0 Å². The Morgan fingerprint density at radius 2 is 1.96 bits per heavy atom. The second-order valence-corrected chi connectivity index (χ2v) is 5.43. The topological polar surface area (TPSA) is 77.0 Å². The minimum Gasteiger partial charge on any atom is -0.461 e. The molecule has 0 radical (unpaired) electrons. The number of esters is 1. The molecule has 0 amide bonds. The highest BCUT2D eigenvalue weighted by molar-refractivity contribution is 6.02. The normalized spacial score (nSPS) is 11.0. The SMILES string of the molecule is CCOC(=O)c1[nH]c2c(=O)n(CC)nc(-c3ccccc3)c2c1C. The average molecular weight is 325 g/mol. The number of carbonyl (C=O) groups excluding carboxylic acids is 1. The molecule has 6 nitrogen and oxygen atoms in total. The maximum atomic E-state index is 12.6. The number of aromatic nitrogens is 3. The fourth-order valence-corrected chi connectivity index (χ4v) is 2.82. The van der Waals surface area contributed by atoms with Gasteiger partial charge < -0.3 is 9.72 Å². The van der Waals surface area contributed by atoms with Crippen LogP contribution in [0.3, 0.4) is 0 Å². The molecule has 0 fully saturated rings. The number of carbonyl (C=O) groups is 1. The van der Waals surface area contributed by atoms with Gasteiger partial charge in [-0.05, 0) is 26.3 Å². The van der Waals surface area contributed by atoms with E-state index in [0.29, 0.717) is 34.4 Å². The fourth-order valence-electron chi connectivity index (χ4n) is 2.82. The number of hydrogen-bond acceptors (Lipinski definition) is 4. The molecule has 0 atom stereocenters. The molecule has 0 spiro atoms. The highest BCUT2D eigenvalue weighted by atomic mass is 16.5. The van der Waals surface area contributed by atoms with E-state index in [4.69, 9.17) is 4.74 Å². The van der Waals surface area contributed by atoms with Crippen LogP contribution in [0.15, 0.2) is 35.1 Å². The molecular weight excluding hydrogens is 306 g/mol. The molecule has 0 saturated carbocycles. The lowest BCUT2D eigenvalue weighted by atomic mass is 10.1. The van der Waals surface area contributed by atoms with Crippen molar-refractivity contribution in [2.24, 2.45) is 0 Å². The maximum absolute atomic E-state index is 12.6. The number of fused-ring (bicyclic) bond motifs is 1. The van der Waals surface area contributed by atoms with Crippen LogP contribution in [0.4, 0.5) is 0 Å². The minimum atomic E-state index is -0.465. The molecule has 0 saturated heterocycles. The summed E-state index contributed by atoms with van der Waals surface area (Å²) < 4.78 is 6.48. The van der Waals surface area contributed by atoms with Gasteiger partial charge in [0.1, 0.15) is 16.9 Å². The molecule has 6 heteroatoms. The lowest BCUT2D eigenvalue weighted by Gasteiger charge is -2.08. The second kappa shape index (κ2) is 6.31. The predicted octanol–water partition coefficient (Wildman–Crippen LogP) is 2.90. The molecule has 24 heavy (non-hydrogen) atoms. The largest absolute Gasteiger partial charge is 0.461 e. The van der Waals surface area contributed by atoms with Crippen molar-refractivity contribution in [3.05, 3.63) is 51.9 Å². The van der Waals surface area contributed by atoms with Gasteiger partial charge in [-0.3, -0.25) is 4.79 Å². The summed E-state index contributed by atoms with van der Waals surface area (Å²) in [5.41, 5.74) is 2.68. The smallest absolute Gasteiger partial charge is 0.355 e. The van der Waals surface area contributed by atoms with Crippen LogP contribution in [0.25, 0.3) is 22.2 Å². The Hall–Kier alpha value is -2.89. The van der Waals surface area contributed by atoms with Crippen LogP contribution in [-0.2, 0) is 11.3 Å². The zero-order chi connectivity index (χ0) is 17.3. The summed E-state index contributed by atoms with van der Waals surface area (Å²) in [6.45, 7) is 6.13. The van der Waals surface area contributed by atoms with Crippen molar-refractivity contribution in [1.82, 2.24) is 14.8 Å². The van der Waals surface area contributed by atoms with E-state index in [9.17, 15) is 9.59 Å². The lowest BCUT2D eigenvalue weighted by Crippen LogP contribution is -2.23. The molecule has 1 N–H and O–H groups in total. The van der Waals surface area contributed by atoms with Gasteiger partial charge in [0, 0.05) is 17.5 Å². The number of aromatic amines is 1. The molecular formula is C18H19N3O3. The second-order valence-electron chi connectivity index (χ2n) is 5.43. The van der Waals surface area contributed by atoms with E-state index in [1.807, 2.05) is 37.3 Å². The lowest BCUT2D eigenvalue weighted by molar-refractivity contribution is 0.0520. The standard InChI is InChI=1S/C18H19N3O3/c1-4-21-17(22)16-13(11(3)14(19-16)18(23)24-5-2)15(20-21)12-9-7-6-8-10-12/h6-10,19H,4-5H2,1-3H3. The third-order valence-corrected chi connectivity index (χ3v) is 3.98. The van der Waals surface area contributed by atoms with Crippen LogP contribution in [-0.4, -0.2) is 27.3 Å². The van der Waals surface area contributed by atoms with Crippen molar-refractivity contribution in [3.8, 4) is 11.3 Å². The zero-order valence-corrected chi connectivity index (χ0v) is 13.9. The molecule has 1 aromatic carbocycles. The van der Waals surface area contributed by atoms with Gasteiger partial charge >= 0.3 is 5.97 Å². The highest BCUT2D eigenvalue weighted by Crippen LogP contribution is 2.29. The number of ether oxygens (including phenoxy) is 1.